The van der Waals surface area contributed by atoms with Crippen molar-refractivity contribution in [3.63, 3.8) is 0 Å². The molecular formula is C14H17ClN4O3. The van der Waals surface area contributed by atoms with Crippen LogP contribution in [0.1, 0.15) is 5.56 Å². The summed E-state index contributed by atoms with van der Waals surface area (Å²) in [5.74, 6) is 1.77. The Hall–Kier alpha value is -2.25. The van der Waals surface area contributed by atoms with Crippen molar-refractivity contribution in [3.8, 4) is 11.5 Å². The van der Waals surface area contributed by atoms with Gasteiger partial charge in [0.25, 0.3) is 5.91 Å². The lowest BCUT2D eigenvalue weighted by molar-refractivity contribution is -0.121. The third-order valence-corrected chi connectivity index (χ3v) is 3.20. The van der Waals surface area contributed by atoms with Gasteiger partial charge in [0.15, 0.2) is 11.5 Å². The summed E-state index contributed by atoms with van der Waals surface area (Å²) in [4.78, 5) is 17.8. The monoisotopic (exact) mass is 324 g/mol. The number of halogens is 1. The van der Waals surface area contributed by atoms with Gasteiger partial charge in [-0.3, -0.25) is 14.7 Å². The van der Waals surface area contributed by atoms with E-state index in [2.05, 4.69) is 10.3 Å². The van der Waals surface area contributed by atoms with Crippen molar-refractivity contribution in [1.82, 2.24) is 10.2 Å². The number of carbonyl (C=O) groups excluding carboxylic acids is 1. The van der Waals surface area contributed by atoms with Crippen LogP contribution in [0.25, 0.3) is 6.08 Å². The van der Waals surface area contributed by atoms with E-state index in [9.17, 15) is 4.79 Å². The van der Waals surface area contributed by atoms with Crippen LogP contribution in [0.2, 0.25) is 0 Å². The average Bonchev–Trinajstić information content (AvgIpc) is 3.05. The topological polar surface area (TPSA) is 89.2 Å². The minimum Gasteiger partial charge on any atom is -0.454 e. The molecule has 2 aliphatic rings. The highest BCUT2D eigenvalue weighted by atomic mass is 35.5. The van der Waals surface area contributed by atoms with Gasteiger partial charge in [0, 0.05) is 13.6 Å². The van der Waals surface area contributed by atoms with Gasteiger partial charge in [0.2, 0.25) is 12.8 Å². The SMILES string of the molecule is CN1C(=O)/C(=C/c2ccc3c(c2)OCO3)NC1=NCCN.Cl. The molecule has 1 amide bonds. The van der Waals surface area contributed by atoms with Crippen LogP contribution in [0.4, 0.5) is 0 Å². The van der Waals surface area contributed by atoms with E-state index in [0.717, 1.165) is 5.56 Å². The van der Waals surface area contributed by atoms with E-state index in [1.165, 1.54) is 4.90 Å². The van der Waals surface area contributed by atoms with Gasteiger partial charge in [-0.05, 0) is 23.8 Å². The van der Waals surface area contributed by atoms with Crippen LogP contribution in [-0.2, 0) is 4.79 Å². The summed E-state index contributed by atoms with van der Waals surface area (Å²) in [5, 5.41) is 3.00. The highest BCUT2D eigenvalue weighted by Gasteiger charge is 2.28. The zero-order chi connectivity index (χ0) is 14.8. The molecule has 1 aromatic carbocycles. The van der Waals surface area contributed by atoms with Gasteiger partial charge in [-0.2, -0.15) is 0 Å². The highest BCUT2D eigenvalue weighted by Crippen LogP contribution is 2.33. The smallest absolute Gasteiger partial charge is 0.276 e. The number of benzene rings is 1. The molecule has 0 unspecified atom stereocenters. The number of hydrogen-bond donors (Lipinski definition) is 2. The van der Waals surface area contributed by atoms with E-state index in [1.807, 2.05) is 18.2 Å². The van der Waals surface area contributed by atoms with E-state index >= 15 is 0 Å². The van der Waals surface area contributed by atoms with Crippen LogP contribution in [0, 0.1) is 0 Å². The third kappa shape index (κ3) is 3.00. The van der Waals surface area contributed by atoms with Gasteiger partial charge >= 0.3 is 0 Å². The Bertz CT molecular complexity index is 645. The Morgan fingerprint density at radius 3 is 2.95 bits per heavy atom. The number of nitrogens with two attached hydrogens (primary N) is 1. The molecule has 0 spiro atoms. The summed E-state index contributed by atoms with van der Waals surface area (Å²) in [6.45, 7) is 1.14. The lowest BCUT2D eigenvalue weighted by Gasteiger charge is -2.06. The maximum atomic E-state index is 12.1. The second-order valence-corrected chi connectivity index (χ2v) is 4.65. The number of nitrogens with zero attached hydrogens (tertiary/aromatic N) is 2. The van der Waals surface area contributed by atoms with Gasteiger partial charge in [-0.15, -0.1) is 12.4 Å². The fourth-order valence-electron chi connectivity index (χ4n) is 2.12. The van der Waals surface area contributed by atoms with Crippen molar-refractivity contribution >= 4 is 30.3 Å². The summed E-state index contributed by atoms with van der Waals surface area (Å²) < 4.78 is 10.6. The summed E-state index contributed by atoms with van der Waals surface area (Å²) in [6, 6.07) is 5.52. The molecule has 7 nitrogen and oxygen atoms in total. The summed E-state index contributed by atoms with van der Waals surface area (Å²) in [7, 11) is 1.67. The van der Waals surface area contributed by atoms with Crippen LogP contribution in [0.5, 0.6) is 11.5 Å². The lowest BCUT2D eigenvalue weighted by atomic mass is 10.1. The number of likely N-dealkylation sites (N-methyl/N-ethyl adjacent to an activating group) is 1. The van der Waals surface area contributed by atoms with Crippen LogP contribution < -0.4 is 20.5 Å². The molecule has 1 aromatic rings. The number of guanidine groups is 1. The zero-order valence-electron chi connectivity index (χ0n) is 12.0. The molecule has 0 saturated carbocycles. The maximum absolute atomic E-state index is 12.1. The van der Waals surface area contributed by atoms with Crippen molar-refractivity contribution in [3.05, 3.63) is 29.5 Å². The van der Waals surface area contributed by atoms with Crippen LogP contribution in [-0.4, -0.2) is 43.7 Å². The first-order valence-corrected chi connectivity index (χ1v) is 6.60. The molecule has 0 bridgehead atoms. The van der Waals surface area contributed by atoms with E-state index in [0.29, 0.717) is 36.2 Å². The van der Waals surface area contributed by atoms with Crippen molar-refractivity contribution < 1.29 is 14.3 Å². The molecule has 1 saturated heterocycles. The summed E-state index contributed by atoms with van der Waals surface area (Å²) in [6.07, 6.45) is 1.76. The van der Waals surface area contributed by atoms with Gasteiger partial charge in [0.1, 0.15) is 5.70 Å². The fraction of sp³-hybridized carbons (Fsp3) is 0.286. The predicted molar refractivity (Wildman–Crippen MR) is 85.1 cm³/mol. The van der Waals surface area contributed by atoms with Crippen molar-refractivity contribution in [2.24, 2.45) is 10.7 Å². The predicted octanol–water partition coefficient (Wildman–Crippen LogP) is 0.554. The molecule has 3 N–H and O–H groups in total. The molecule has 8 heteroatoms. The minimum absolute atomic E-state index is 0. The standard InChI is InChI=1S/C14H16N4O3.ClH/c1-18-13(19)10(17-14(18)16-5-4-15)6-9-2-3-11-12(7-9)21-8-20-11;/h2-3,6-7H,4-5,8,15H2,1H3,(H,16,17);1H/b10-6-;. The molecule has 22 heavy (non-hydrogen) atoms. The molecule has 0 aromatic heterocycles. The first-order chi connectivity index (χ1) is 10.2. The Morgan fingerprint density at radius 1 is 1.41 bits per heavy atom. The zero-order valence-corrected chi connectivity index (χ0v) is 12.9. The maximum Gasteiger partial charge on any atom is 0.276 e. The molecule has 1 fully saturated rings. The number of amides is 1. The largest absolute Gasteiger partial charge is 0.454 e. The van der Waals surface area contributed by atoms with Crippen molar-refractivity contribution in [2.45, 2.75) is 0 Å². The second-order valence-electron chi connectivity index (χ2n) is 4.65. The number of nitrogens with one attached hydrogen (secondary N) is 1. The first-order valence-electron chi connectivity index (χ1n) is 6.60. The highest BCUT2D eigenvalue weighted by molar-refractivity contribution is 6.15. The van der Waals surface area contributed by atoms with Gasteiger partial charge in [0.05, 0.1) is 6.54 Å². The molecule has 0 atom stereocenters. The van der Waals surface area contributed by atoms with Gasteiger partial charge < -0.3 is 20.5 Å². The normalized spacial score (nSPS) is 19.5. The Labute approximate surface area is 134 Å². The number of carbonyl (C=O) groups is 1. The van der Waals surface area contributed by atoms with E-state index < -0.39 is 0 Å². The molecule has 118 valence electrons. The molecule has 0 radical (unpaired) electrons. The van der Waals surface area contributed by atoms with Crippen molar-refractivity contribution in [2.75, 3.05) is 26.9 Å². The number of aliphatic imine (C=N–C) groups is 1. The molecule has 2 heterocycles. The number of fused-ring (bicyclic) bond motifs is 1. The van der Waals surface area contributed by atoms with Gasteiger partial charge in [-0.1, -0.05) is 6.07 Å². The van der Waals surface area contributed by atoms with Crippen LogP contribution >= 0.6 is 12.4 Å². The fourth-order valence-corrected chi connectivity index (χ4v) is 2.12. The third-order valence-electron chi connectivity index (χ3n) is 3.20. The van der Waals surface area contributed by atoms with Gasteiger partial charge in [-0.25, -0.2) is 0 Å². The minimum atomic E-state index is -0.136. The average molecular weight is 325 g/mol. The lowest BCUT2D eigenvalue weighted by Crippen LogP contribution is -2.29. The Kier molecular flexibility index (Phi) is 4.89. The Morgan fingerprint density at radius 2 is 2.18 bits per heavy atom. The van der Waals surface area contributed by atoms with Crippen LogP contribution in [0.3, 0.4) is 0 Å². The molecular weight excluding hydrogens is 308 g/mol. The second kappa shape index (κ2) is 6.67. The van der Waals surface area contributed by atoms with Crippen LogP contribution in [0.15, 0.2) is 28.9 Å². The molecule has 2 aliphatic heterocycles. The number of rotatable bonds is 3. The Balaban J connectivity index is 0.00000176. The van der Waals surface area contributed by atoms with Crippen molar-refractivity contribution in [1.29, 1.82) is 0 Å². The van der Waals surface area contributed by atoms with E-state index in [1.54, 1.807) is 13.1 Å². The number of ether oxygens (including phenoxy) is 2. The summed E-state index contributed by atoms with van der Waals surface area (Å²) >= 11 is 0. The van der Waals surface area contributed by atoms with E-state index in [4.69, 9.17) is 15.2 Å². The molecule has 3 rings (SSSR count). The van der Waals surface area contributed by atoms with E-state index in [-0.39, 0.29) is 25.1 Å². The summed E-state index contributed by atoms with van der Waals surface area (Å²) in [5.41, 5.74) is 6.73. The number of hydrogen-bond acceptors (Lipinski definition) is 5. The first kappa shape index (κ1) is 16.1. The molecule has 0 aliphatic carbocycles. The quantitative estimate of drug-likeness (QED) is 0.793.